The highest BCUT2D eigenvalue weighted by Gasteiger charge is 2.10. The zero-order valence-corrected chi connectivity index (χ0v) is 7.46. The smallest absolute Gasteiger partial charge is 0.128 e. The van der Waals surface area contributed by atoms with Crippen molar-refractivity contribution in [3.05, 3.63) is 29.6 Å². The largest absolute Gasteiger partial charge is 0.497 e. The molecule has 0 saturated heterocycles. The first kappa shape index (κ1) is 9.95. The Hall–Kier alpha value is -1.13. The molecule has 4 N–H and O–H groups in total. The van der Waals surface area contributed by atoms with Crippen LogP contribution in [0.15, 0.2) is 18.2 Å². The minimum absolute atomic E-state index is 0.212. The lowest BCUT2D eigenvalue weighted by molar-refractivity contribution is 0.412. The molecular formula is C9H13FN2O. The predicted molar refractivity (Wildman–Crippen MR) is 48.9 cm³/mol. The summed E-state index contributed by atoms with van der Waals surface area (Å²) in [6, 6.07) is 3.95. The van der Waals surface area contributed by atoms with Crippen molar-refractivity contribution in [3.8, 4) is 5.75 Å². The highest BCUT2D eigenvalue weighted by Crippen LogP contribution is 2.20. The van der Waals surface area contributed by atoms with E-state index in [1.165, 1.54) is 13.2 Å². The molecule has 13 heavy (non-hydrogen) atoms. The van der Waals surface area contributed by atoms with Crippen molar-refractivity contribution in [1.82, 2.24) is 0 Å². The maximum atomic E-state index is 13.2. The van der Waals surface area contributed by atoms with E-state index in [0.717, 1.165) is 0 Å². The fourth-order valence-electron chi connectivity index (χ4n) is 1.06. The Labute approximate surface area is 76.5 Å². The number of halogens is 1. The van der Waals surface area contributed by atoms with Gasteiger partial charge in [0.1, 0.15) is 11.6 Å². The topological polar surface area (TPSA) is 61.3 Å². The summed E-state index contributed by atoms with van der Waals surface area (Å²) in [7, 11) is 1.52. The number of hydrogen-bond donors (Lipinski definition) is 2. The SMILES string of the molecule is COc1ccc(F)c(C(N)CN)c1. The monoisotopic (exact) mass is 184 g/mol. The van der Waals surface area contributed by atoms with E-state index < -0.39 is 6.04 Å². The van der Waals surface area contributed by atoms with Crippen molar-refractivity contribution >= 4 is 0 Å². The summed E-state index contributed by atoms with van der Waals surface area (Å²) < 4.78 is 18.1. The molecule has 1 rings (SSSR count). The summed E-state index contributed by atoms with van der Waals surface area (Å²) in [4.78, 5) is 0. The summed E-state index contributed by atoms with van der Waals surface area (Å²) in [5, 5.41) is 0. The summed E-state index contributed by atoms with van der Waals surface area (Å²) in [5.74, 6) is 0.235. The number of rotatable bonds is 3. The summed E-state index contributed by atoms with van der Waals surface area (Å²) >= 11 is 0. The normalized spacial score (nSPS) is 12.6. The summed E-state index contributed by atoms with van der Waals surface area (Å²) in [5.41, 5.74) is 11.3. The van der Waals surface area contributed by atoms with Crippen LogP contribution in [0.5, 0.6) is 5.75 Å². The lowest BCUT2D eigenvalue weighted by atomic mass is 10.1. The molecule has 0 spiro atoms. The van der Waals surface area contributed by atoms with E-state index in [-0.39, 0.29) is 12.4 Å². The van der Waals surface area contributed by atoms with Crippen LogP contribution < -0.4 is 16.2 Å². The van der Waals surface area contributed by atoms with Crippen LogP contribution >= 0.6 is 0 Å². The first-order valence-corrected chi connectivity index (χ1v) is 3.98. The number of methoxy groups -OCH3 is 1. The molecule has 1 unspecified atom stereocenters. The Kier molecular flexibility index (Phi) is 3.22. The summed E-state index contributed by atoms with van der Waals surface area (Å²) in [6.45, 7) is 0.212. The molecule has 0 aliphatic heterocycles. The second-order valence-corrected chi connectivity index (χ2v) is 2.73. The molecule has 72 valence electrons. The molecule has 3 nitrogen and oxygen atoms in total. The number of benzene rings is 1. The van der Waals surface area contributed by atoms with Crippen molar-refractivity contribution in [3.63, 3.8) is 0 Å². The van der Waals surface area contributed by atoms with E-state index in [9.17, 15) is 4.39 Å². The van der Waals surface area contributed by atoms with Gasteiger partial charge in [0.2, 0.25) is 0 Å². The fourth-order valence-corrected chi connectivity index (χ4v) is 1.06. The average Bonchev–Trinajstić information content (AvgIpc) is 2.17. The zero-order chi connectivity index (χ0) is 9.84. The van der Waals surface area contributed by atoms with Crippen LogP contribution in [0.2, 0.25) is 0 Å². The standard InChI is InChI=1S/C9H13FN2O/c1-13-6-2-3-8(10)7(4-6)9(12)5-11/h2-4,9H,5,11-12H2,1H3. The second kappa shape index (κ2) is 4.20. The van der Waals surface area contributed by atoms with E-state index in [2.05, 4.69) is 0 Å². The zero-order valence-electron chi connectivity index (χ0n) is 7.46. The van der Waals surface area contributed by atoms with E-state index >= 15 is 0 Å². The molecule has 0 amide bonds. The van der Waals surface area contributed by atoms with Crippen LogP contribution in [0.4, 0.5) is 4.39 Å². The molecule has 1 atom stereocenters. The van der Waals surface area contributed by atoms with Crippen LogP contribution in [0.25, 0.3) is 0 Å². The first-order chi connectivity index (χ1) is 6.19. The van der Waals surface area contributed by atoms with Crippen LogP contribution in [0, 0.1) is 5.82 Å². The van der Waals surface area contributed by atoms with E-state index in [4.69, 9.17) is 16.2 Å². The van der Waals surface area contributed by atoms with Gasteiger partial charge in [-0.05, 0) is 18.2 Å². The lowest BCUT2D eigenvalue weighted by Gasteiger charge is -2.11. The second-order valence-electron chi connectivity index (χ2n) is 2.73. The maximum Gasteiger partial charge on any atom is 0.128 e. The number of nitrogens with two attached hydrogens (primary N) is 2. The highest BCUT2D eigenvalue weighted by atomic mass is 19.1. The van der Waals surface area contributed by atoms with Crippen molar-refractivity contribution < 1.29 is 9.13 Å². The quantitative estimate of drug-likeness (QED) is 0.730. The molecular weight excluding hydrogens is 171 g/mol. The third kappa shape index (κ3) is 2.17. The van der Waals surface area contributed by atoms with Gasteiger partial charge in [-0.2, -0.15) is 0 Å². The number of hydrogen-bond acceptors (Lipinski definition) is 3. The van der Waals surface area contributed by atoms with Gasteiger partial charge in [-0.15, -0.1) is 0 Å². The van der Waals surface area contributed by atoms with Crippen molar-refractivity contribution in [2.24, 2.45) is 11.5 Å². The molecule has 4 heteroatoms. The molecule has 0 heterocycles. The summed E-state index contributed by atoms with van der Waals surface area (Å²) in [6.07, 6.45) is 0. The van der Waals surface area contributed by atoms with E-state index in [1.54, 1.807) is 12.1 Å². The minimum Gasteiger partial charge on any atom is -0.497 e. The fraction of sp³-hybridized carbons (Fsp3) is 0.333. The van der Waals surface area contributed by atoms with Crippen LogP contribution in [0.3, 0.4) is 0 Å². The van der Waals surface area contributed by atoms with E-state index in [1.807, 2.05) is 0 Å². The van der Waals surface area contributed by atoms with Gasteiger partial charge in [-0.1, -0.05) is 0 Å². The molecule has 0 saturated carbocycles. The van der Waals surface area contributed by atoms with Gasteiger partial charge in [0.15, 0.2) is 0 Å². The van der Waals surface area contributed by atoms with Crippen molar-refractivity contribution in [2.45, 2.75) is 6.04 Å². The predicted octanol–water partition coefficient (Wildman–Crippen LogP) is 0.793. The van der Waals surface area contributed by atoms with Crippen molar-refractivity contribution in [1.29, 1.82) is 0 Å². The molecule has 0 aromatic heterocycles. The number of ether oxygens (including phenoxy) is 1. The Balaban J connectivity index is 3.03. The third-order valence-electron chi connectivity index (χ3n) is 1.86. The molecule has 1 aromatic rings. The third-order valence-corrected chi connectivity index (χ3v) is 1.86. The lowest BCUT2D eigenvalue weighted by Crippen LogP contribution is -2.21. The Morgan fingerprint density at radius 3 is 2.77 bits per heavy atom. The van der Waals surface area contributed by atoms with E-state index in [0.29, 0.717) is 11.3 Å². The highest BCUT2D eigenvalue weighted by molar-refractivity contribution is 5.31. The Bertz CT molecular complexity index is 291. The molecule has 0 bridgehead atoms. The van der Waals surface area contributed by atoms with Crippen LogP contribution in [0.1, 0.15) is 11.6 Å². The Morgan fingerprint density at radius 1 is 1.54 bits per heavy atom. The van der Waals surface area contributed by atoms with Gasteiger partial charge in [0.25, 0.3) is 0 Å². The molecule has 1 aromatic carbocycles. The molecule has 0 aliphatic rings. The van der Waals surface area contributed by atoms with Gasteiger partial charge >= 0.3 is 0 Å². The molecule has 0 fully saturated rings. The van der Waals surface area contributed by atoms with Crippen LogP contribution in [-0.2, 0) is 0 Å². The van der Waals surface area contributed by atoms with Crippen molar-refractivity contribution in [2.75, 3.05) is 13.7 Å². The van der Waals surface area contributed by atoms with Gasteiger partial charge < -0.3 is 16.2 Å². The van der Waals surface area contributed by atoms with Crippen LogP contribution in [-0.4, -0.2) is 13.7 Å². The first-order valence-electron chi connectivity index (χ1n) is 3.98. The van der Waals surface area contributed by atoms with Gasteiger partial charge in [-0.3, -0.25) is 0 Å². The van der Waals surface area contributed by atoms with Gasteiger partial charge in [-0.25, -0.2) is 4.39 Å². The molecule has 0 radical (unpaired) electrons. The van der Waals surface area contributed by atoms with Gasteiger partial charge in [0.05, 0.1) is 7.11 Å². The minimum atomic E-state index is -0.477. The Morgan fingerprint density at radius 2 is 2.23 bits per heavy atom. The van der Waals surface area contributed by atoms with Gasteiger partial charge in [0, 0.05) is 18.2 Å². The molecule has 0 aliphatic carbocycles. The average molecular weight is 184 g/mol. The maximum absolute atomic E-state index is 13.2.